The summed E-state index contributed by atoms with van der Waals surface area (Å²) < 4.78 is 7.02. The van der Waals surface area contributed by atoms with Crippen LogP contribution in [-0.2, 0) is 11.3 Å². The number of nitrogens with two attached hydrogens (primary N) is 1. The van der Waals surface area contributed by atoms with Crippen LogP contribution in [0.1, 0.15) is 35.6 Å². The molecule has 5 rings (SSSR count). The van der Waals surface area contributed by atoms with Crippen LogP contribution in [0.15, 0.2) is 71.0 Å². The Kier molecular flexibility index (Phi) is 5.44. The van der Waals surface area contributed by atoms with Gasteiger partial charge in [-0.25, -0.2) is 9.67 Å². The van der Waals surface area contributed by atoms with Gasteiger partial charge in [-0.2, -0.15) is 10.4 Å². The van der Waals surface area contributed by atoms with Gasteiger partial charge in [0, 0.05) is 28.3 Å². The first-order chi connectivity index (χ1) is 16.1. The number of anilines is 1. The van der Waals surface area contributed by atoms with Crippen molar-refractivity contribution >= 4 is 22.8 Å². The fraction of sp³-hybridized carbons (Fsp3) is 0.250. The van der Waals surface area contributed by atoms with E-state index in [1.165, 1.54) is 17.7 Å². The average Bonchev–Trinajstić information content (AvgIpc) is 3.51. The molecule has 2 N–H and O–H groups in total. The number of rotatable bonds is 5. The molecule has 8 nitrogen and oxygen atoms in total. The molecular formula is C24H22N6O2S. The van der Waals surface area contributed by atoms with Crippen molar-refractivity contribution in [1.29, 1.82) is 5.26 Å². The Morgan fingerprint density at radius 1 is 1.30 bits per heavy atom. The minimum Gasteiger partial charge on any atom is -0.497 e. The molecule has 1 unspecified atom stereocenters. The summed E-state index contributed by atoms with van der Waals surface area (Å²) in [4.78, 5) is 20.0. The summed E-state index contributed by atoms with van der Waals surface area (Å²) in [5, 5.41) is 16.3. The quantitative estimate of drug-likeness (QED) is 0.621. The molecule has 1 atom stereocenters. The van der Waals surface area contributed by atoms with Crippen molar-refractivity contribution in [3.05, 3.63) is 81.5 Å². The van der Waals surface area contributed by atoms with Gasteiger partial charge >= 0.3 is 0 Å². The van der Waals surface area contributed by atoms with E-state index < -0.39 is 5.92 Å². The summed E-state index contributed by atoms with van der Waals surface area (Å²) in [5.74, 6) is 0.712. The van der Waals surface area contributed by atoms with Crippen molar-refractivity contribution in [2.24, 2.45) is 5.73 Å². The Bertz CT molecular complexity index is 1300. The number of methoxy groups -OCH3 is 1. The third-order valence-corrected chi connectivity index (χ3v) is 7.06. The van der Waals surface area contributed by atoms with Gasteiger partial charge in [0.05, 0.1) is 31.2 Å². The molecule has 0 radical (unpaired) electrons. The van der Waals surface area contributed by atoms with Crippen molar-refractivity contribution < 1.29 is 9.53 Å². The molecule has 0 bridgehead atoms. The maximum Gasteiger partial charge on any atom is 0.161 e. The maximum atomic E-state index is 13.2. The van der Waals surface area contributed by atoms with Crippen molar-refractivity contribution in [3.8, 4) is 11.8 Å². The summed E-state index contributed by atoms with van der Waals surface area (Å²) in [6.45, 7) is 0.572. The number of benzene rings is 1. The van der Waals surface area contributed by atoms with Crippen LogP contribution in [0.2, 0.25) is 0 Å². The number of allylic oxidation sites excluding steroid dienone is 3. The van der Waals surface area contributed by atoms with Crippen molar-refractivity contribution in [3.63, 3.8) is 0 Å². The summed E-state index contributed by atoms with van der Waals surface area (Å²) in [5.41, 5.74) is 10.4. The third-order valence-electron chi connectivity index (χ3n) is 6.01. The molecule has 1 aliphatic carbocycles. The summed E-state index contributed by atoms with van der Waals surface area (Å²) in [6.07, 6.45) is 5.11. The van der Waals surface area contributed by atoms with Crippen LogP contribution in [0, 0.1) is 11.3 Å². The molecule has 166 valence electrons. The maximum absolute atomic E-state index is 13.2. The van der Waals surface area contributed by atoms with Gasteiger partial charge in [-0.05, 0) is 54.1 Å². The molecule has 2 aliphatic rings. The number of ether oxygens (including phenoxy) is 1. The van der Waals surface area contributed by atoms with E-state index in [1.54, 1.807) is 18.1 Å². The zero-order valence-electron chi connectivity index (χ0n) is 18.1. The molecule has 1 aliphatic heterocycles. The van der Waals surface area contributed by atoms with Gasteiger partial charge in [0.15, 0.2) is 5.78 Å². The monoisotopic (exact) mass is 458 g/mol. The zero-order chi connectivity index (χ0) is 22.9. The average molecular weight is 459 g/mol. The van der Waals surface area contributed by atoms with Gasteiger partial charge in [-0.1, -0.05) is 0 Å². The number of nitriles is 1. The van der Waals surface area contributed by atoms with Crippen LogP contribution in [0.5, 0.6) is 5.75 Å². The second-order valence-electron chi connectivity index (χ2n) is 7.96. The highest BCUT2D eigenvalue weighted by Gasteiger charge is 2.40. The fourth-order valence-corrected chi connectivity index (χ4v) is 5.55. The largest absolute Gasteiger partial charge is 0.497 e. The molecule has 0 saturated heterocycles. The fourth-order valence-electron chi connectivity index (χ4n) is 4.53. The first-order valence-electron chi connectivity index (χ1n) is 10.6. The first-order valence-corrected chi connectivity index (χ1v) is 11.5. The van der Waals surface area contributed by atoms with Gasteiger partial charge in [0.1, 0.15) is 24.2 Å². The lowest BCUT2D eigenvalue weighted by molar-refractivity contribution is -0.116. The van der Waals surface area contributed by atoms with E-state index in [2.05, 4.69) is 16.2 Å². The molecule has 0 saturated carbocycles. The minimum absolute atomic E-state index is 0.0752. The Labute approximate surface area is 195 Å². The second kappa shape index (κ2) is 8.56. The number of ketones is 1. The van der Waals surface area contributed by atoms with Gasteiger partial charge in [0.2, 0.25) is 0 Å². The lowest BCUT2D eigenvalue weighted by atomic mass is 9.78. The smallest absolute Gasteiger partial charge is 0.161 e. The van der Waals surface area contributed by atoms with E-state index in [9.17, 15) is 10.1 Å². The van der Waals surface area contributed by atoms with E-state index in [1.807, 2.05) is 40.6 Å². The van der Waals surface area contributed by atoms with Gasteiger partial charge in [-0.3, -0.25) is 9.69 Å². The SMILES string of the molecule is COc1ccc(N2C(N)=C(C#N)C(c3cc(Cn4cncn4)cs3)C3=C2CCCC3=O)cc1. The highest BCUT2D eigenvalue weighted by molar-refractivity contribution is 7.10. The van der Waals surface area contributed by atoms with E-state index in [-0.39, 0.29) is 5.78 Å². The number of Topliss-reactive ketones (excluding diaryl/α,β-unsaturated/α-hetero) is 1. The van der Waals surface area contributed by atoms with Crippen molar-refractivity contribution in [1.82, 2.24) is 14.8 Å². The Hall–Kier alpha value is -3.90. The second-order valence-corrected chi connectivity index (χ2v) is 8.91. The zero-order valence-corrected chi connectivity index (χ0v) is 18.9. The Morgan fingerprint density at radius 3 is 2.82 bits per heavy atom. The summed E-state index contributed by atoms with van der Waals surface area (Å²) in [7, 11) is 1.61. The lowest BCUT2D eigenvalue weighted by Gasteiger charge is -2.39. The van der Waals surface area contributed by atoms with Gasteiger partial charge < -0.3 is 10.5 Å². The van der Waals surface area contributed by atoms with Crippen LogP contribution in [-0.4, -0.2) is 27.7 Å². The summed E-state index contributed by atoms with van der Waals surface area (Å²) in [6, 6.07) is 11.8. The van der Waals surface area contributed by atoms with E-state index in [4.69, 9.17) is 10.5 Å². The molecule has 2 aromatic heterocycles. The van der Waals surface area contributed by atoms with Crippen molar-refractivity contribution in [2.45, 2.75) is 31.7 Å². The van der Waals surface area contributed by atoms with Crippen molar-refractivity contribution in [2.75, 3.05) is 12.0 Å². The number of hydrogen-bond donors (Lipinski definition) is 1. The number of carbonyl (C=O) groups excluding carboxylic acids is 1. The third kappa shape index (κ3) is 3.68. The Balaban J connectivity index is 1.61. The molecule has 0 spiro atoms. The van der Waals surface area contributed by atoms with Gasteiger partial charge in [-0.15, -0.1) is 11.3 Å². The van der Waals surface area contributed by atoms with Crippen LogP contribution in [0.25, 0.3) is 0 Å². The van der Waals surface area contributed by atoms with E-state index in [0.29, 0.717) is 29.9 Å². The number of carbonyl (C=O) groups is 1. The predicted molar refractivity (Wildman–Crippen MR) is 124 cm³/mol. The molecule has 0 fully saturated rings. The first kappa shape index (κ1) is 21.0. The topological polar surface area (TPSA) is 110 Å². The molecule has 3 aromatic rings. The van der Waals surface area contributed by atoms with Crippen LogP contribution >= 0.6 is 11.3 Å². The molecule has 33 heavy (non-hydrogen) atoms. The highest BCUT2D eigenvalue weighted by atomic mass is 32.1. The molecular weight excluding hydrogens is 436 g/mol. The van der Waals surface area contributed by atoms with Gasteiger partial charge in [0.25, 0.3) is 0 Å². The molecule has 0 amide bonds. The number of aromatic nitrogens is 3. The van der Waals surface area contributed by atoms with Crippen LogP contribution in [0.4, 0.5) is 5.69 Å². The molecule has 9 heteroatoms. The number of thiophene rings is 1. The predicted octanol–water partition coefficient (Wildman–Crippen LogP) is 3.70. The van der Waals surface area contributed by atoms with E-state index in [0.717, 1.165) is 40.4 Å². The summed E-state index contributed by atoms with van der Waals surface area (Å²) >= 11 is 1.54. The number of hydrogen-bond acceptors (Lipinski definition) is 8. The molecule has 3 heterocycles. The minimum atomic E-state index is -0.457. The van der Waals surface area contributed by atoms with Crippen LogP contribution < -0.4 is 15.4 Å². The Morgan fingerprint density at radius 2 is 2.12 bits per heavy atom. The lowest BCUT2D eigenvalue weighted by Crippen LogP contribution is -2.38. The molecule has 1 aromatic carbocycles. The van der Waals surface area contributed by atoms with Crippen LogP contribution in [0.3, 0.4) is 0 Å². The number of nitrogens with zero attached hydrogens (tertiary/aromatic N) is 5. The van der Waals surface area contributed by atoms with E-state index >= 15 is 0 Å². The highest BCUT2D eigenvalue weighted by Crippen LogP contribution is 2.47. The standard InChI is InChI=1S/C24H22N6O2S/c1-32-17-7-5-16(6-8-17)30-19-3-2-4-20(31)23(19)22(18(10-25)24(30)26)21-9-15(12-33-21)11-29-14-27-13-28-29/h5-9,12-14,22H,2-4,11,26H2,1H3. The normalized spacial score (nSPS) is 18.4.